The number of carbonyl (C=O) groups is 1. The van der Waals surface area contributed by atoms with Gasteiger partial charge in [0.25, 0.3) is 5.91 Å². The number of carbonyl (C=O) groups excluding carboxylic acids is 1. The van der Waals surface area contributed by atoms with Crippen LogP contribution in [-0.2, 0) is 7.05 Å². The molecule has 0 unspecified atom stereocenters. The number of nitrogens with one attached hydrogen (secondary N) is 1. The zero-order chi connectivity index (χ0) is 20.3. The predicted molar refractivity (Wildman–Crippen MR) is 106 cm³/mol. The lowest BCUT2D eigenvalue weighted by atomic mass is 10.1. The van der Waals surface area contributed by atoms with Crippen LogP contribution in [0.25, 0.3) is 11.3 Å². The largest absolute Gasteiger partial charge is 0.497 e. The second-order valence-corrected chi connectivity index (χ2v) is 6.22. The van der Waals surface area contributed by atoms with E-state index in [4.69, 9.17) is 9.47 Å². The standard InChI is InChI=1S/C19H22N6O3/c1-24(2)19-20-10-12(11-21-19)22-18(26)16-9-15(23-25(16)3)14-8-13(27-4)6-7-17(14)28-5/h6-11H,1-5H3,(H,22,26). The number of benzene rings is 1. The van der Waals surface area contributed by atoms with Crippen molar-refractivity contribution in [2.45, 2.75) is 0 Å². The Kier molecular flexibility index (Phi) is 5.44. The summed E-state index contributed by atoms with van der Waals surface area (Å²) in [5.74, 6) is 1.55. The maximum absolute atomic E-state index is 12.7. The van der Waals surface area contributed by atoms with E-state index in [2.05, 4.69) is 20.4 Å². The van der Waals surface area contributed by atoms with Crippen molar-refractivity contribution in [1.82, 2.24) is 19.7 Å². The molecule has 0 bridgehead atoms. The molecule has 0 aliphatic rings. The maximum Gasteiger partial charge on any atom is 0.274 e. The molecule has 0 saturated heterocycles. The van der Waals surface area contributed by atoms with Gasteiger partial charge < -0.3 is 19.7 Å². The van der Waals surface area contributed by atoms with Gasteiger partial charge in [0.2, 0.25) is 5.95 Å². The van der Waals surface area contributed by atoms with Gasteiger partial charge in [-0.05, 0) is 24.3 Å². The highest BCUT2D eigenvalue weighted by atomic mass is 16.5. The number of ether oxygens (including phenoxy) is 2. The third-order valence-corrected chi connectivity index (χ3v) is 4.09. The average molecular weight is 382 g/mol. The van der Waals surface area contributed by atoms with Gasteiger partial charge >= 0.3 is 0 Å². The van der Waals surface area contributed by atoms with Crippen LogP contribution in [0.3, 0.4) is 0 Å². The van der Waals surface area contributed by atoms with Crippen LogP contribution in [-0.4, -0.2) is 54.0 Å². The van der Waals surface area contributed by atoms with E-state index in [0.29, 0.717) is 34.5 Å². The lowest BCUT2D eigenvalue weighted by Crippen LogP contribution is -2.17. The van der Waals surface area contributed by atoms with Crippen LogP contribution in [0.15, 0.2) is 36.7 Å². The van der Waals surface area contributed by atoms with Gasteiger partial charge in [0.1, 0.15) is 17.2 Å². The van der Waals surface area contributed by atoms with E-state index in [9.17, 15) is 4.79 Å². The molecule has 28 heavy (non-hydrogen) atoms. The molecule has 1 N–H and O–H groups in total. The van der Waals surface area contributed by atoms with Crippen molar-refractivity contribution < 1.29 is 14.3 Å². The fraction of sp³-hybridized carbons (Fsp3) is 0.263. The van der Waals surface area contributed by atoms with Crippen LogP contribution in [0.1, 0.15) is 10.5 Å². The average Bonchev–Trinajstić information content (AvgIpc) is 3.09. The number of hydrogen-bond acceptors (Lipinski definition) is 7. The second kappa shape index (κ2) is 7.95. The van der Waals surface area contributed by atoms with E-state index in [1.807, 2.05) is 20.2 Å². The number of amides is 1. The molecule has 1 amide bonds. The Bertz CT molecular complexity index is 982. The third-order valence-electron chi connectivity index (χ3n) is 4.09. The number of aryl methyl sites for hydroxylation is 1. The summed E-state index contributed by atoms with van der Waals surface area (Å²) >= 11 is 0. The molecule has 0 fully saturated rings. The third kappa shape index (κ3) is 3.88. The van der Waals surface area contributed by atoms with Crippen LogP contribution < -0.4 is 19.7 Å². The predicted octanol–water partition coefficient (Wildman–Crippen LogP) is 2.21. The zero-order valence-electron chi connectivity index (χ0n) is 16.4. The monoisotopic (exact) mass is 382 g/mol. The Hall–Kier alpha value is -3.62. The number of hydrogen-bond donors (Lipinski definition) is 1. The molecule has 0 atom stereocenters. The molecular formula is C19H22N6O3. The second-order valence-electron chi connectivity index (χ2n) is 6.22. The lowest BCUT2D eigenvalue weighted by molar-refractivity contribution is 0.101. The van der Waals surface area contributed by atoms with Crippen molar-refractivity contribution in [2.75, 3.05) is 38.5 Å². The van der Waals surface area contributed by atoms with Gasteiger partial charge in [-0.15, -0.1) is 0 Å². The summed E-state index contributed by atoms with van der Waals surface area (Å²) in [4.78, 5) is 22.8. The van der Waals surface area contributed by atoms with Crippen molar-refractivity contribution in [3.8, 4) is 22.8 Å². The van der Waals surface area contributed by atoms with Gasteiger partial charge in [-0.2, -0.15) is 5.10 Å². The lowest BCUT2D eigenvalue weighted by Gasteiger charge is -2.10. The molecule has 0 radical (unpaired) electrons. The Balaban J connectivity index is 1.87. The topological polar surface area (TPSA) is 94.4 Å². The molecule has 0 saturated carbocycles. The highest BCUT2D eigenvalue weighted by molar-refractivity contribution is 6.03. The molecule has 0 spiro atoms. The van der Waals surface area contributed by atoms with E-state index in [0.717, 1.165) is 5.56 Å². The number of rotatable bonds is 6. The summed E-state index contributed by atoms with van der Waals surface area (Å²) in [6, 6.07) is 7.11. The van der Waals surface area contributed by atoms with E-state index < -0.39 is 0 Å². The summed E-state index contributed by atoms with van der Waals surface area (Å²) in [5.41, 5.74) is 2.21. The first kappa shape index (κ1) is 19.2. The number of aromatic nitrogens is 4. The fourth-order valence-corrected chi connectivity index (χ4v) is 2.64. The first-order valence-electron chi connectivity index (χ1n) is 8.50. The van der Waals surface area contributed by atoms with E-state index in [1.165, 1.54) is 4.68 Å². The molecule has 9 nitrogen and oxygen atoms in total. The molecular weight excluding hydrogens is 360 g/mol. The van der Waals surface area contributed by atoms with Crippen molar-refractivity contribution in [3.05, 3.63) is 42.4 Å². The summed E-state index contributed by atoms with van der Waals surface area (Å²) in [7, 11) is 8.57. The van der Waals surface area contributed by atoms with Crippen LogP contribution in [0, 0.1) is 0 Å². The molecule has 2 heterocycles. The summed E-state index contributed by atoms with van der Waals surface area (Å²) in [5, 5.41) is 7.23. The summed E-state index contributed by atoms with van der Waals surface area (Å²) < 4.78 is 12.2. The van der Waals surface area contributed by atoms with Gasteiger partial charge in [-0.1, -0.05) is 0 Å². The van der Waals surface area contributed by atoms with E-state index in [1.54, 1.807) is 56.8 Å². The van der Waals surface area contributed by atoms with Crippen molar-refractivity contribution in [3.63, 3.8) is 0 Å². The minimum Gasteiger partial charge on any atom is -0.497 e. The molecule has 3 aromatic rings. The van der Waals surface area contributed by atoms with Gasteiger partial charge in [-0.3, -0.25) is 9.48 Å². The minimum atomic E-state index is -0.315. The Morgan fingerprint density at radius 1 is 1.11 bits per heavy atom. The SMILES string of the molecule is COc1ccc(OC)c(-c2cc(C(=O)Nc3cnc(N(C)C)nc3)n(C)n2)c1. The van der Waals surface area contributed by atoms with Crippen LogP contribution in [0.4, 0.5) is 11.6 Å². The highest BCUT2D eigenvalue weighted by Gasteiger charge is 2.18. The first-order chi connectivity index (χ1) is 13.4. The zero-order valence-corrected chi connectivity index (χ0v) is 16.4. The van der Waals surface area contributed by atoms with Crippen LogP contribution >= 0.6 is 0 Å². The normalized spacial score (nSPS) is 10.5. The minimum absolute atomic E-state index is 0.315. The van der Waals surface area contributed by atoms with Gasteiger partial charge in [0, 0.05) is 26.7 Å². The van der Waals surface area contributed by atoms with Crippen molar-refractivity contribution in [2.24, 2.45) is 7.05 Å². The maximum atomic E-state index is 12.7. The van der Waals surface area contributed by atoms with E-state index >= 15 is 0 Å². The van der Waals surface area contributed by atoms with Gasteiger partial charge in [0.05, 0.1) is 38.0 Å². The molecule has 0 aliphatic carbocycles. The number of methoxy groups -OCH3 is 2. The van der Waals surface area contributed by atoms with Gasteiger partial charge in [-0.25, -0.2) is 9.97 Å². The van der Waals surface area contributed by atoms with Crippen molar-refractivity contribution in [1.29, 1.82) is 0 Å². The Morgan fingerprint density at radius 3 is 2.43 bits per heavy atom. The molecule has 9 heteroatoms. The number of nitrogens with zero attached hydrogens (tertiary/aromatic N) is 5. The Labute approximate surface area is 162 Å². The smallest absolute Gasteiger partial charge is 0.274 e. The van der Waals surface area contributed by atoms with Crippen molar-refractivity contribution >= 4 is 17.5 Å². The summed E-state index contributed by atoms with van der Waals surface area (Å²) in [6.45, 7) is 0. The quantitative estimate of drug-likeness (QED) is 0.698. The molecule has 1 aromatic carbocycles. The highest BCUT2D eigenvalue weighted by Crippen LogP contribution is 2.33. The van der Waals surface area contributed by atoms with Crippen LogP contribution in [0.5, 0.6) is 11.5 Å². The number of anilines is 2. The summed E-state index contributed by atoms with van der Waals surface area (Å²) in [6.07, 6.45) is 3.12. The first-order valence-corrected chi connectivity index (χ1v) is 8.50. The molecule has 2 aromatic heterocycles. The van der Waals surface area contributed by atoms with E-state index in [-0.39, 0.29) is 5.91 Å². The molecule has 3 rings (SSSR count). The fourth-order valence-electron chi connectivity index (χ4n) is 2.64. The molecule has 146 valence electrons. The van der Waals surface area contributed by atoms with Crippen LogP contribution in [0.2, 0.25) is 0 Å². The molecule has 0 aliphatic heterocycles. The Morgan fingerprint density at radius 2 is 1.82 bits per heavy atom. The van der Waals surface area contributed by atoms with Gasteiger partial charge in [0.15, 0.2) is 0 Å².